The highest BCUT2D eigenvalue weighted by molar-refractivity contribution is 5.62. The molecule has 0 aliphatic carbocycles. The Bertz CT molecular complexity index is 584. The number of hydrogen-bond acceptors (Lipinski definition) is 4. The van der Waals surface area contributed by atoms with Crippen LogP contribution in [0.2, 0.25) is 0 Å². The van der Waals surface area contributed by atoms with E-state index in [2.05, 4.69) is 27.2 Å². The zero-order valence-electron chi connectivity index (χ0n) is 12.0. The summed E-state index contributed by atoms with van der Waals surface area (Å²) in [5, 5.41) is 3.23. The highest BCUT2D eigenvalue weighted by atomic mass is 19.1. The summed E-state index contributed by atoms with van der Waals surface area (Å²) >= 11 is 0. The minimum absolute atomic E-state index is 0.182. The Balaban J connectivity index is 2.46. The van der Waals surface area contributed by atoms with E-state index in [-0.39, 0.29) is 11.7 Å². The predicted octanol–water partition coefficient (Wildman–Crippen LogP) is 3.62. The molecular formula is C15H19FN4. The lowest BCUT2D eigenvalue weighted by Gasteiger charge is -2.11. The number of hydrogen-bond donors (Lipinski definition) is 1. The topological polar surface area (TPSA) is 50.7 Å². The van der Waals surface area contributed by atoms with E-state index in [4.69, 9.17) is 0 Å². The van der Waals surface area contributed by atoms with Crippen LogP contribution < -0.4 is 5.32 Å². The van der Waals surface area contributed by atoms with Crippen LogP contribution in [0.25, 0.3) is 11.3 Å². The van der Waals surface area contributed by atoms with Gasteiger partial charge in [0.15, 0.2) is 5.82 Å². The molecule has 0 atom stereocenters. The van der Waals surface area contributed by atoms with E-state index in [1.807, 2.05) is 13.8 Å². The van der Waals surface area contributed by atoms with Crippen LogP contribution in [0.3, 0.4) is 0 Å². The first-order valence-corrected chi connectivity index (χ1v) is 6.84. The molecule has 1 N–H and O–H groups in total. The van der Waals surface area contributed by atoms with Crippen molar-refractivity contribution in [1.82, 2.24) is 15.0 Å². The van der Waals surface area contributed by atoms with Crippen LogP contribution in [-0.4, -0.2) is 21.5 Å². The highest BCUT2D eigenvalue weighted by Crippen LogP contribution is 2.24. The zero-order chi connectivity index (χ0) is 14.5. The largest absolute Gasteiger partial charge is 0.370 e. The minimum Gasteiger partial charge on any atom is -0.370 e. The molecule has 0 aliphatic rings. The van der Waals surface area contributed by atoms with Gasteiger partial charge < -0.3 is 5.32 Å². The van der Waals surface area contributed by atoms with E-state index in [1.165, 1.54) is 6.20 Å². The van der Waals surface area contributed by atoms with E-state index in [0.717, 1.165) is 18.8 Å². The summed E-state index contributed by atoms with van der Waals surface area (Å²) in [4.78, 5) is 12.7. The van der Waals surface area contributed by atoms with Gasteiger partial charge in [0.2, 0.25) is 0 Å². The number of nitrogens with zero attached hydrogens (tertiary/aromatic N) is 3. The van der Waals surface area contributed by atoms with E-state index >= 15 is 0 Å². The second kappa shape index (κ2) is 6.41. The van der Waals surface area contributed by atoms with Crippen molar-refractivity contribution in [2.75, 3.05) is 11.9 Å². The summed E-state index contributed by atoms with van der Waals surface area (Å²) < 4.78 is 13.8. The van der Waals surface area contributed by atoms with Crippen molar-refractivity contribution < 1.29 is 4.39 Å². The van der Waals surface area contributed by atoms with Crippen molar-refractivity contribution in [1.29, 1.82) is 0 Å². The molecule has 2 aromatic heterocycles. The lowest BCUT2D eigenvalue weighted by Crippen LogP contribution is -2.07. The van der Waals surface area contributed by atoms with E-state index < -0.39 is 0 Å². The maximum Gasteiger partial charge on any atom is 0.150 e. The molecule has 0 aliphatic heterocycles. The Morgan fingerprint density at radius 3 is 2.75 bits per heavy atom. The van der Waals surface area contributed by atoms with Crippen LogP contribution >= 0.6 is 0 Å². The molecule has 0 unspecified atom stereocenters. The van der Waals surface area contributed by atoms with Crippen LogP contribution in [-0.2, 0) is 0 Å². The lowest BCUT2D eigenvalue weighted by molar-refractivity contribution is 0.624. The van der Waals surface area contributed by atoms with Gasteiger partial charge in [-0.1, -0.05) is 20.8 Å². The van der Waals surface area contributed by atoms with Gasteiger partial charge in [-0.2, -0.15) is 0 Å². The standard InChI is InChI=1S/C15H19FN4/c1-4-6-18-14-8-13(19-15(20-14)10(2)3)11-5-7-17-9-12(11)16/h5,7-10H,4,6H2,1-3H3,(H,18,19,20). The molecule has 4 nitrogen and oxygen atoms in total. The summed E-state index contributed by atoms with van der Waals surface area (Å²) in [6.45, 7) is 6.95. The summed E-state index contributed by atoms with van der Waals surface area (Å²) in [7, 11) is 0. The molecule has 0 saturated heterocycles. The molecule has 0 bridgehead atoms. The minimum atomic E-state index is -0.373. The SMILES string of the molecule is CCCNc1cc(-c2ccncc2F)nc(C(C)C)n1. The Kier molecular flexibility index (Phi) is 4.61. The number of pyridine rings is 1. The van der Waals surface area contributed by atoms with Crippen molar-refractivity contribution in [2.45, 2.75) is 33.1 Å². The van der Waals surface area contributed by atoms with Gasteiger partial charge in [0, 0.05) is 30.3 Å². The van der Waals surface area contributed by atoms with E-state index in [1.54, 1.807) is 18.3 Å². The van der Waals surface area contributed by atoms with Gasteiger partial charge in [-0.05, 0) is 12.5 Å². The summed E-state index contributed by atoms with van der Waals surface area (Å²) in [6.07, 6.45) is 3.76. The summed E-state index contributed by atoms with van der Waals surface area (Å²) in [5.74, 6) is 1.25. The Labute approximate surface area is 118 Å². The maximum atomic E-state index is 13.8. The van der Waals surface area contributed by atoms with Gasteiger partial charge in [0.1, 0.15) is 11.6 Å². The quantitative estimate of drug-likeness (QED) is 0.904. The lowest BCUT2D eigenvalue weighted by atomic mass is 10.1. The fraction of sp³-hybridized carbons (Fsp3) is 0.400. The summed E-state index contributed by atoms with van der Waals surface area (Å²) in [5.41, 5.74) is 1.03. The zero-order valence-corrected chi connectivity index (χ0v) is 12.0. The molecule has 2 heterocycles. The average molecular weight is 274 g/mol. The molecule has 2 aromatic rings. The molecule has 106 valence electrons. The molecule has 0 radical (unpaired) electrons. The molecule has 0 saturated carbocycles. The molecule has 0 aromatic carbocycles. The second-order valence-corrected chi connectivity index (χ2v) is 4.93. The number of anilines is 1. The molecule has 2 rings (SSSR count). The van der Waals surface area contributed by atoms with Crippen LogP contribution in [0.5, 0.6) is 0 Å². The smallest absolute Gasteiger partial charge is 0.150 e. The molecular weight excluding hydrogens is 255 g/mol. The molecule has 5 heteroatoms. The van der Waals surface area contributed by atoms with Crippen LogP contribution in [0.1, 0.15) is 38.9 Å². The fourth-order valence-corrected chi connectivity index (χ4v) is 1.79. The van der Waals surface area contributed by atoms with Crippen molar-refractivity contribution in [2.24, 2.45) is 0 Å². The Morgan fingerprint density at radius 2 is 2.10 bits per heavy atom. The number of aromatic nitrogens is 3. The molecule has 0 spiro atoms. The molecule has 0 amide bonds. The number of rotatable bonds is 5. The third kappa shape index (κ3) is 3.29. The third-order valence-electron chi connectivity index (χ3n) is 2.86. The van der Waals surface area contributed by atoms with E-state index in [0.29, 0.717) is 17.1 Å². The normalized spacial score (nSPS) is 10.8. The Morgan fingerprint density at radius 1 is 1.30 bits per heavy atom. The van der Waals surface area contributed by atoms with Crippen molar-refractivity contribution >= 4 is 5.82 Å². The van der Waals surface area contributed by atoms with Gasteiger partial charge in [-0.25, -0.2) is 14.4 Å². The van der Waals surface area contributed by atoms with E-state index in [9.17, 15) is 4.39 Å². The molecule has 0 fully saturated rings. The average Bonchev–Trinajstić information content (AvgIpc) is 2.45. The maximum absolute atomic E-state index is 13.8. The fourth-order valence-electron chi connectivity index (χ4n) is 1.79. The number of nitrogens with one attached hydrogen (secondary N) is 1. The molecule has 20 heavy (non-hydrogen) atoms. The first-order chi connectivity index (χ1) is 9.61. The van der Waals surface area contributed by atoms with Gasteiger partial charge >= 0.3 is 0 Å². The monoisotopic (exact) mass is 274 g/mol. The van der Waals surface area contributed by atoms with Crippen molar-refractivity contribution in [3.05, 3.63) is 36.2 Å². The van der Waals surface area contributed by atoms with Crippen LogP contribution in [0, 0.1) is 5.82 Å². The predicted molar refractivity (Wildman–Crippen MR) is 78.1 cm³/mol. The van der Waals surface area contributed by atoms with Gasteiger partial charge in [0.25, 0.3) is 0 Å². The van der Waals surface area contributed by atoms with Gasteiger partial charge in [-0.3, -0.25) is 4.98 Å². The summed E-state index contributed by atoms with van der Waals surface area (Å²) in [6, 6.07) is 3.41. The number of halogens is 1. The third-order valence-corrected chi connectivity index (χ3v) is 2.86. The first-order valence-electron chi connectivity index (χ1n) is 6.84. The van der Waals surface area contributed by atoms with Crippen LogP contribution in [0.4, 0.5) is 10.2 Å². The van der Waals surface area contributed by atoms with Crippen LogP contribution in [0.15, 0.2) is 24.5 Å². The van der Waals surface area contributed by atoms with Crippen molar-refractivity contribution in [3.63, 3.8) is 0 Å². The second-order valence-electron chi connectivity index (χ2n) is 4.93. The Hall–Kier alpha value is -2.04. The van der Waals surface area contributed by atoms with Crippen molar-refractivity contribution in [3.8, 4) is 11.3 Å². The highest BCUT2D eigenvalue weighted by Gasteiger charge is 2.12. The van der Waals surface area contributed by atoms with Gasteiger partial charge in [-0.15, -0.1) is 0 Å². The first kappa shape index (κ1) is 14.4. The van der Waals surface area contributed by atoms with Gasteiger partial charge in [0.05, 0.1) is 11.9 Å².